The number of imidazole rings is 1. The van der Waals surface area contributed by atoms with Gasteiger partial charge in [0.2, 0.25) is 0 Å². The number of aromatic nitrogens is 4. The molecule has 26 heavy (non-hydrogen) atoms. The Morgan fingerprint density at radius 3 is 2.77 bits per heavy atom. The Balaban J connectivity index is 1.76. The molecule has 0 saturated carbocycles. The summed E-state index contributed by atoms with van der Waals surface area (Å²) in [5, 5.41) is 2.73. The van der Waals surface area contributed by atoms with Crippen LogP contribution in [0.15, 0.2) is 46.6 Å². The molecular formula is C18H15BrFN5S. The normalized spacial score (nSPS) is 12.6. The predicted octanol–water partition coefficient (Wildman–Crippen LogP) is 4.36. The number of hydrogen-bond acceptors (Lipinski definition) is 5. The van der Waals surface area contributed by atoms with Crippen molar-refractivity contribution in [3.05, 3.63) is 68.9 Å². The van der Waals surface area contributed by atoms with Crippen LogP contribution in [0.3, 0.4) is 0 Å². The van der Waals surface area contributed by atoms with E-state index in [0.29, 0.717) is 4.60 Å². The topological polar surface area (TPSA) is 69.1 Å². The molecule has 2 N–H and O–H groups in total. The number of benzene rings is 1. The monoisotopic (exact) mass is 431 g/mol. The lowest BCUT2D eigenvalue weighted by Gasteiger charge is -2.11. The number of nitrogens with two attached hydrogens (primary N) is 1. The van der Waals surface area contributed by atoms with Crippen LogP contribution < -0.4 is 5.73 Å². The van der Waals surface area contributed by atoms with Crippen molar-refractivity contribution < 1.29 is 4.39 Å². The van der Waals surface area contributed by atoms with Crippen molar-refractivity contribution in [1.29, 1.82) is 0 Å². The van der Waals surface area contributed by atoms with E-state index in [2.05, 4.69) is 30.9 Å². The maximum atomic E-state index is 13.1. The van der Waals surface area contributed by atoms with E-state index in [9.17, 15) is 4.39 Å². The van der Waals surface area contributed by atoms with Crippen molar-refractivity contribution in [2.75, 3.05) is 0 Å². The number of fused-ring (bicyclic) bond motifs is 1. The van der Waals surface area contributed by atoms with E-state index < -0.39 is 6.04 Å². The van der Waals surface area contributed by atoms with Gasteiger partial charge in [-0.1, -0.05) is 6.92 Å². The number of nitrogens with zero attached hydrogens (tertiary/aromatic N) is 4. The zero-order chi connectivity index (χ0) is 18.3. The van der Waals surface area contributed by atoms with E-state index in [1.807, 2.05) is 22.9 Å². The van der Waals surface area contributed by atoms with E-state index in [1.165, 1.54) is 23.5 Å². The quantitative estimate of drug-likeness (QED) is 0.520. The molecule has 0 aliphatic heterocycles. The highest BCUT2D eigenvalue weighted by atomic mass is 79.9. The highest BCUT2D eigenvalue weighted by Crippen LogP contribution is 2.30. The molecule has 132 valence electrons. The van der Waals surface area contributed by atoms with Gasteiger partial charge in [0.05, 0.1) is 29.3 Å². The molecule has 0 spiro atoms. The van der Waals surface area contributed by atoms with Gasteiger partial charge in [-0.2, -0.15) is 0 Å². The number of halogens is 2. The average Bonchev–Trinajstić information content (AvgIpc) is 3.26. The molecular weight excluding hydrogens is 417 g/mol. The maximum Gasteiger partial charge on any atom is 0.155 e. The fourth-order valence-electron chi connectivity index (χ4n) is 2.89. The first kappa shape index (κ1) is 17.3. The molecule has 1 atom stereocenters. The van der Waals surface area contributed by atoms with Crippen LogP contribution in [0.2, 0.25) is 0 Å². The second-order valence-corrected chi connectivity index (χ2v) is 7.49. The van der Waals surface area contributed by atoms with Gasteiger partial charge in [-0.15, -0.1) is 11.3 Å². The predicted molar refractivity (Wildman–Crippen MR) is 104 cm³/mol. The molecule has 4 aromatic rings. The van der Waals surface area contributed by atoms with Gasteiger partial charge in [0, 0.05) is 17.1 Å². The number of thiazole rings is 1. The molecule has 5 nitrogen and oxygen atoms in total. The highest BCUT2D eigenvalue weighted by molar-refractivity contribution is 9.10. The summed E-state index contributed by atoms with van der Waals surface area (Å²) in [5.74, 6) is -0.265. The Hall–Kier alpha value is -2.16. The van der Waals surface area contributed by atoms with E-state index in [-0.39, 0.29) is 5.82 Å². The van der Waals surface area contributed by atoms with Gasteiger partial charge in [0.15, 0.2) is 5.65 Å². The van der Waals surface area contributed by atoms with Crippen LogP contribution in [-0.2, 0) is 6.42 Å². The third-order valence-electron chi connectivity index (χ3n) is 4.15. The minimum absolute atomic E-state index is 0.265. The third kappa shape index (κ3) is 3.04. The zero-order valence-corrected chi connectivity index (χ0v) is 16.3. The molecule has 0 amide bonds. The number of aryl methyl sites for hydroxylation is 1. The minimum Gasteiger partial charge on any atom is -0.317 e. The minimum atomic E-state index is -0.409. The van der Waals surface area contributed by atoms with Crippen LogP contribution in [-0.4, -0.2) is 19.4 Å². The first-order valence-corrected chi connectivity index (χ1v) is 9.73. The first-order valence-electron chi connectivity index (χ1n) is 8.06. The zero-order valence-electron chi connectivity index (χ0n) is 13.9. The van der Waals surface area contributed by atoms with Crippen LogP contribution in [0.5, 0.6) is 0 Å². The maximum absolute atomic E-state index is 13.1. The van der Waals surface area contributed by atoms with Gasteiger partial charge in [-0.05, 0) is 46.6 Å². The Morgan fingerprint density at radius 1 is 1.27 bits per heavy atom. The second-order valence-electron chi connectivity index (χ2n) is 5.79. The van der Waals surface area contributed by atoms with Crippen LogP contribution in [0, 0.1) is 5.82 Å². The molecule has 0 fully saturated rings. The summed E-state index contributed by atoms with van der Waals surface area (Å²) in [5.41, 5.74) is 10.8. The van der Waals surface area contributed by atoms with E-state index in [1.54, 1.807) is 18.3 Å². The molecule has 8 heteroatoms. The van der Waals surface area contributed by atoms with Crippen molar-refractivity contribution in [3.8, 4) is 11.3 Å². The lowest BCUT2D eigenvalue weighted by Crippen LogP contribution is -2.16. The summed E-state index contributed by atoms with van der Waals surface area (Å²) >= 11 is 4.89. The standard InChI is InChI=1S/C18H15BrFN5S/c1-2-12-17(25-8-14(19)22-7-15(25)23-12)16(21)18-24-13(9-26-18)10-3-5-11(20)6-4-10/h3-9,16H,2,21H2,1H3. The Kier molecular flexibility index (Phi) is 4.56. The molecule has 1 unspecified atom stereocenters. The fourth-order valence-corrected chi connectivity index (χ4v) is 4.03. The lowest BCUT2D eigenvalue weighted by atomic mass is 10.1. The van der Waals surface area contributed by atoms with Gasteiger partial charge < -0.3 is 5.73 Å². The largest absolute Gasteiger partial charge is 0.317 e. The summed E-state index contributed by atoms with van der Waals surface area (Å²) in [7, 11) is 0. The van der Waals surface area contributed by atoms with Crippen molar-refractivity contribution in [3.63, 3.8) is 0 Å². The number of rotatable bonds is 4. The van der Waals surface area contributed by atoms with E-state index in [0.717, 1.165) is 39.7 Å². The molecule has 0 aliphatic rings. The fraction of sp³-hybridized carbons (Fsp3) is 0.167. The van der Waals surface area contributed by atoms with Crippen molar-refractivity contribution in [2.45, 2.75) is 19.4 Å². The second kappa shape index (κ2) is 6.86. The SMILES string of the molecule is CCc1nc2cnc(Br)cn2c1C(N)c1nc(-c2ccc(F)cc2)cs1. The Labute approximate surface area is 161 Å². The average molecular weight is 432 g/mol. The van der Waals surface area contributed by atoms with Crippen molar-refractivity contribution in [2.24, 2.45) is 5.73 Å². The summed E-state index contributed by atoms with van der Waals surface area (Å²) in [6.45, 7) is 2.05. The van der Waals surface area contributed by atoms with Gasteiger partial charge in [0.25, 0.3) is 0 Å². The van der Waals surface area contributed by atoms with Crippen LogP contribution in [0.4, 0.5) is 4.39 Å². The summed E-state index contributed by atoms with van der Waals surface area (Å²) in [6.07, 6.45) is 4.34. The molecule has 3 aromatic heterocycles. The summed E-state index contributed by atoms with van der Waals surface area (Å²) in [6, 6.07) is 5.88. The molecule has 3 heterocycles. The van der Waals surface area contributed by atoms with Gasteiger partial charge in [-0.25, -0.2) is 19.3 Å². The first-order chi connectivity index (χ1) is 12.6. The van der Waals surface area contributed by atoms with E-state index >= 15 is 0 Å². The summed E-state index contributed by atoms with van der Waals surface area (Å²) in [4.78, 5) is 13.5. The Bertz CT molecular complexity index is 1070. The molecule has 0 bridgehead atoms. The third-order valence-corrected chi connectivity index (χ3v) is 5.49. The molecule has 0 aliphatic carbocycles. The Morgan fingerprint density at radius 2 is 2.04 bits per heavy atom. The van der Waals surface area contributed by atoms with Gasteiger partial charge in [0.1, 0.15) is 15.4 Å². The number of hydrogen-bond donors (Lipinski definition) is 1. The van der Waals surface area contributed by atoms with E-state index in [4.69, 9.17) is 5.73 Å². The molecule has 0 saturated heterocycles. The van der Waals surface area contributed by atoms with Crippen LogP contribution >= 0.6 is 27.3 Å². The van der Waals surface area contributed by atoms with Gasteiger partial charge >= 0.3 is 0 Å². The molecule has 4 rings (SSSR count). The van der Waals surface area contributed by atoms with Crippen LogP contribution in [0.1, 0.15) is 29.4 Å². The van der Waals surface area contributed by atoms with Crippen molar-refractivity contribution in [1.82, 2.24) is 19.4 Å². The lowest BCUT2D eigenvalue weighted by molar-refractivity contribution is 0.628. The highest BCUT2D eigenvalue weighted by Gasteiger charge is 2.22. The molecule has 0 radical (unpaired) electrons. The molecule has 1 aromatic carbocycles. The summed E-state index contributed by atoms with van der Waals surface area (Å²) < 4.78 is 15.8. The van der Waals surface area contributed by atoms with Crippen molar-refractivity contribution >= 4 is 32.9 Å². The van der Waals surface area contributed by atoms with Gasteiger partial charge in [-0.3, -0.25) is 4.40 Å². The smallest absolute Gasteiger partial charge is 0.155 e. The van der Waals surface area contributed by atoms with Crippen LogP contribution in [0.25, 0.3) is 16.9 Å².